The molecule has 1 unspecified atom stereocenters. The van der Waals surface area contributed by atoms with Crippen LogP contribution in [0.25, 0.3) is 0 Å². The van der Waals surface area contributed by atoms with Gasteiger partial charge in [0, 0.05) is 23.8 Å². The van der Waals surface area contributed by atoms with Crippen LogP contribution < -0.4 is 16.0 Å². The van der Waals surface area contributed by atoms with E-state index in [0.717, 1.165) is 31.5 Å². The van der Waals surface area contributed by atoms with Gasteiger partial charge in [0.1, 0.15) is 0 Å². The fourth-order valence-electron chi connectivity index (χ4n) is 2.38. The summed E-state index contributed by atoms with van der Waals surface area (Å²) in [6, 6.07) is 7.37. The minimum Gasteiger partial charge on any atom is -0.376 e. The van der Waals surface area contributed by atoms with Gasteiger partial charge in [-0.1, -0.05) is 45.6 Å². The Labute approximate surface area is 152 Å². The molecule has 25 heavy (non-hydrogen) atoms. The van der Waals surface area contributed by atoms with E-state index in [1.165, 1.54) is 19.3 Å². The van der Waals surface area contributed by atoms with Crippen LogP contribution in [0.4, 0.5) is 5.69 Å². The Bertz CT molecular complexity index is 531. The van der Waals surface area contributed by atoms with Crippen molar-refractivity contribution in [1.82, 2.24) is 10.6 Å². The molecule has 0 aromatic heterocycles. The summed E-state index contributed by atoms with van der Waals surface area (Å²) >= 11 is 0. The van der Waals surface area contributed by atoms with Crippen LogP contribution in [0.2, 0.25) is 0 Å². The van der Waals surface area contributed by atoms with Crippen LogP contribution in [-0.4, -0.2) is 30.9 Å². The number of amides is 2. The summed E-state index contributed by atoms with van der Waals surface area (Å²) in [6.07, 6.45) is 6.80. The molecular weight excluding hydrogens is 314 g/mol. The largest absolute Gasteiger partial charge is 0.376 e. The van der Waals surface area contributed by atoms with Gasteiger partial charge in [-0.3, -0.25) is 9.59 Å². The molecule has 0 aliphatic heterocycles. The Morgan fingerprint density at radius 3 is 2.56 bits per heavy atom. The maximum absolute atomic E-state index is 12.1. The van der Waals surface area contributed by atoms with Crippen molar-refractivity contribution in [3.63, 3.8) is 0 Å². The molecule has 0 saturated heterocycles. The van der Waals surface area contributed by atoms with Crippen molar-refractivity contribution in [2.45, 2.75) is 65.3 Å². The number of rotatable bonds is 12. The van der Waals surface area contributed by atoms with Crippen molar-refractivity contribution in [1.29, 1.82) is 0 Å². The van der Waals surface area contributed by atoms with Gasteiger partial charge in [-0.05, 0) is 38.0 Å². The molecule has 0 aliphatic rings. The SMILES string of the molecule is CCCCCCCNC(=O)CNc1cccc(C(=O)NC(C)CC)c1. The molecule has 0 aliphatic carbocycles. The van der Waals surface area contributed by atoms with Gasteiger partial charge < -0.3 is 16.0 Å². The van der Waals surface area contributed by atoms with E-state index < -0.39 is 0 Å². The number of hydrogen-bond acceptors (Lipinski definition) is 3. The predicted octanol–water partition coefficient (Wildman–Crippen LogP) is 3.71. The minimum absolute atomic E-state index is 0.0232. The Morgan fingerprint density at radius 2 is 1.84 bits per heavy atom. The third-order valence-corrected chi connectivity index (χ3v) is 4.17. The van der Waals surface area contributed by atoms with Gasteiger partial charge in [-0.15, -0.1) is 0 Å². The van der Waals surface area contributed by atoms with E-state index in [2.05, 4.69) is 22.9 Å². The maximum atomic E-state index is 12.1. The lowest BCUT2D eigenvalue weighted by Gasteiger charge is -2.12. The Balaban J connectivity index is 2.33. The zero-order valence-electron chi connectivity index (χ0n) is 15.9. The Morgan fingerprint density at radius 1 is 1.08 bits per heavy atom. The first-order valence-electron chi connectivity index (χ1n) is 9.48. The van der Waals surface area contributed by atoms with E-state index in [1.54, 1.807) is 12.1 Å². The molecule has 1 atom stereocenters. The normalized spacial score (nSPS) is 11.6. The molecule has 0 saturated carbocycles. The molecule has 5 nitrogen and oxygen atoms in total. The molecule has 0 radical (unpaired) electrons. The van der Waals surface area contributed by atoms with Gasteiger partial charge in [0.15, 0.2) is 0 Å². The molecular formula is C20H33N3O2. The van der Waals surface area contributed by atoms with Gasteiger partial charge in [-0.25, -0.2) is 0 Å². The number of hydrogen-bond donors (Lipinski definition) is 3. The van der Waals surface area contributed by atoms with Gasteiger partial charge in [0.25, 0.3) is 5.91 Å². The van der Waals surface area contributed by atoms with Crippen molar-refractivity contribution < 1.29 is 9.59 Å². The summed E-state index contributed by atoms with van der Waals surface area (Å²) in [5.41, 5.74) is 1.37. The smallest absolute Gasteiger partial charge is 0.251 e. The highest BCUT2D eigenvalue weighted by atomic mass is 16.2. The second kappa shape index (κ2) is 12.3. The molecule has 1 aromatic rings. The number of unbranched alkanes of at least 4 members (excludes halogenated alkanes) is 4. The number of anilines is 1. The molecule has 5 heteroatoms. The summed E-state index contributed by atoms with van der Waals surface area (Å²) in [7, 11) is 0. The molecule has 2 amide bonds. The van der Waals surface area contributed by atoms with Gasteiger partial charge in [0.05, 0.1) is 6.54 Å². The first-order chi connectivity index (χ1) is 12.1. The number of nitrogens with one attached hydrogen (secondary N) is 3. The van der Waals surface area contributed by atoms with Crippen molar-refractivity contribution in [3.05, 3.63) is 29.8 Å². The van der Waals surface area contributed by atoms with Crippen LogP contribution in [0, 0.1) is 0 Å². The van der Waals surface area contributed by atoms with E-state index in [0.29, 0.717) is 5.56 Å². The summed E-state index contributed by atoms with van der Waals surface area (Å²) < 4.78 is 0. The van der Waals surface area contributed by atoms with Crippen LogP contribution in [0.15, 0.2) is 24.3 Å². The second-order valence-corrected chi connectivity index (χ2v) is 6.48. The van der Waals surface area contributed by atoms with Crippen LogP contribution in [0.5, 0.6) is 0 Å². The lowest BCUT2D eigenvalue weighted by atomic mass is 10.1. The molecule has 0 heterocycles. The lowest BCUT2D eigenvalue weighted by molar-refractivity contribution is -0.119. The Hall–Kier alpha value is -2.04. The molecule has 1 rings (SSSR count). The molecule has 1 aromatic carbocycles. The van der Waals surface area contributed by atoms with E-state index in [-0.39, 0.29) is 24.4 Å². The van der Waals surface area contributed by atoms with Gasteiger partial charge in [-0.2, -0.15) is 0 Å². The van der Waals surface area contributed by atoms with Crippen LogP contribution in [-0.2, 0) is 4.79 Å². The second-order valence-electron chi connectivity index (χ2n) is 6.48. The quantitative estimate of drug-likeness (QED) is 0.505. The molecule has 0 fully saturated rings. The highest BCUT2D eigenvalue weighted by molar-refractivity contribution is 5.95. The summed E-state index contributed by atoms with van der Waals surface area (Å²) in [5.74, 6) is -0.112. The van der Waals surface area contributed by atoms with Crippen molar-refractivity contribution in [2.75, 3.05) is 18.4 Å². The molecule has 140 valence electrons. The van der Waals surface area contributed by atoms with Gasteiger partial charge >= 0.3 is 0 Å². The number of carbonyl (C=O) groups is 2. The van der Waals surface area contributed by atoms with Crippen molar-refractivity contribution >= 4 is 17.5 Å². The first kappa shape index (κ1) is 21.0. The van der Waals surface area contributed by atoms with Crippen LogP contribution in [0.1, 0.15) is 69.7 Å². The minimum atomic E-state index is -0.0884. The van der Waals surface area contributed by atoms with E-state index >= 15 is 0 Å². The lowest BCUT2D eigenvalue weighted by Crippen LogP contribution is -2.32. The monoisotopic (exact) mass is 347 g/mol. The summed E-state index contributed by atoms with van der Waals surface area (Å²) in [6.45, 7) is 7.14. The summed E-state index contributed by atoms with van der Waals surface area (Å²) in [5, 5.41) is 8.94. The molecule has 3 N–H and O–H groups in total. The molecule has 0 spiro atoms. The predicted molar refractivity (Wildman–Crippen MR) is 104 cm³/mol. The maximum Gasteiger partial charge on any atom is 0.251 e. The average molecular weight is 348 g/mol. The fourth-order valence-corrected chi connectivity index (χ4v) is 2.38. The standard InChI is InChI=1S/C20H33N3O2/c1-4-6-7-8-9-13-21-19(24)15-22-18-12-10-11-17(14-18)20(25)23-16(3)5-2/h10-12,14,16,22H,4-9,13,15H2,1-3H3,(H,21,24)(H,23,25). The average Bonchev–Trinajstić information content (AvgIpc) is 2.63. The fraction of sp³-hybridized carbons (Fsp3) is 0.600. The van der Waals surface area contributed by atoms with E-state index in [1.807, 2.05) is 26.0 Å². The zero-order chi connectivity index (χ0) is 18.5. The summed E-state index contributed by atoms with van der Waals surface area (Å²) in [4.78, 5) is 24.0. The number of carbonyl (C=O) groups excluding carboxylic acids is 2. The highest BCUT2D eigenvalue weighted by Crippen LogP contribution is 2.10. The third-order valence-electron chi connectivity index (χ3n) is 4.17. The third kappa shape index (κ3) is 9.13. The van der Waals surface area contributed by atoms with Crippen LogP contribution >= 0.6 is 0 Å². The topological polar surface area (TPSA) is 70.2 Å². The van der Waals surface area contributed by atoms with Crippen LogP contribution in [0.3, 0.4) is 0 Å². The Kier molecular flexibility index (Phi) is 10.4. The number of benzene rings is 1. The van der Waals surface area contributed by atoms with Crippen molar-refractivity contribution in [3.8, 4) is 0 Å². The van der Waals surface area contributed by atoms with E-state index in [9.17, 15) is 9.59 Å². The zero-order valence-corrected chi connectivity index (χ0v) is 15.9. The van der Waals surface area contributed by atoms with Gasteiger partial charge in [0.2, 0.25) is 5.91 Å². The molecule has 0 bridgehead atoms. The van der Waals surface area contributed by atoms with Crippen molar-refractivity contribution in [2.24, 2.45) is 0 Å². The highest BCUT2D eigenvalue weighted by Gasteiger charge is 2.09. The first-order valence-corrected chi connectivity index (χ1v) is 9.48. The van der Waals surface area contributed by atoms with E-state index in [4.69, 9.17) is 0 Å².